The van der Waals surface area contributed by atoms with E-state index in [0.717, 1.165) is 0 Å². The Morgan fingerprint density at radius 2 is 2.10 bits per heavy atom. The molecule has 5 nitrogen and oxygen atoms in total. The third-order valence-electron chi connectivity index (χ3n) is 0.637. The number of rotatable bonds is 2. The summed E-state index contributed by atoms with van der Waals surface area (Å²) in [5.74, 6) is -0.964. The van der Waals surface area contributed by atoms with Crippen LogP contribution in [0.25, 0.3) is 0 Å². The van der Waals surface area contributed by atoms with Crippen LogP contribution in [0.5, 0.6) is 0 Å². The number of aliphatic imine (C=N–C) groups is 1. The maximum atomic E-state index is 10.3. The molecule has 0 aromatic heterocycles. The third-order valence-corrected chi connectivity index (χ3v) is 0.637. The fourth-order valence-electron chi connectivity index (χ4n) is 0.239. The Hall–Kier alpha value is -0.940. The average molecular weight is 146 g/mol. The number of aliphatic hydroxyl groups excluding tert-OH is 1. The molecule has 10 heavy (non-hydrogen) atoms. The Bertz CT molecular complexity index is 142. The van der Waals surface area contributed by atoms with Crippen molar-refractivity contribution < 1.29 is 15.0 Å². The van der Waals surface area contributed by atoms with Gasteiger partial charge in [0.2, 0.25) is 6.29 Å². The van der Waals surface area contributed by atoms with Crippen LogP contribution in [0.4, 0.5) is 0 Å². The van der Waals surface area contributed by atoms with Crippen molar-refractivity contribution in [1.29, 1.82) is 0 Å². The van der Waals surface area contributed by atoms with Crippen LogP contribution in [-0.2, 0) is 4.79 Å². The van der Waals surface area contributed by atoms with Crippen molar-refractivity contribution in [1.82, 2.24) is 4.90 Å². The molecule has 0 atom stereocenters. The quantitative estimate of drug-likeness (QED) is 0.280. The van der Waals surface area contributed by atoms with Crippen LogP contribution in [0.2, 0.25) is 0 Å². The second-order valence-electron chi connectivity index (χ2n) is 1.92. The predicted octanol–water partition coefficient (Wildman–Crippen LogP) is -1.59. The summed E-state index contributed by atoms with van der Waals surface area (Å²) in [4.78, 5) is 15.0. The SMILES string of the molecule is CN(C)C=NC(=O)C(O)O. The van der Waals surface area contributed by atoms with E-state index in [-0.39, 0.29) is 0 Å². The van der Waals surface area contributed by atoms with Crippen molar-refractivity contribution in [3.05, 3.63) is 0 Å². The van der Waals surface area contributed by atoms with Gasteiger partial charge in [0, 0.05) is 14.1 Å². The number of hydrogen-bond acceptors (Lipinski definition) is 3. The van der Waals surface area contributed by atoms with E-state index in [9.17, 15) is 4.79 Å². The first-order valence-electron chi connectivity index (χ1n) is 2.64. The zero-order chi connectivity index (χ0) is 8.15. The number of aliphatic hydroxyl groups is 2. The molecule has 58 valence electrons. The van der Waals surface area contributed by atoms with E-state index in [1.165, 1.54) is 11.2 Å². The van der Waals surface area contributed by atoms with Crippen LogP contribution in [0.15, 0.2) is 4.99 Å². The summed E-state index contributed by atoms with van der Waals surface area (Å²) < 4.78 is 0. The minimum Gasteiger partial charge on any atom is -0.369 e. The lowest BCUT2D eigenvalue weighted by Gasteiger charge is -2.01. The van der Waals surface area contributed by atoms with E-state index in [1.54, 1.807) is 14.1 Å². The molecule has 0 saturated heterocycles. The number of hydrogen-bond donors (Lipinski definition) is 2. The zero-order valence-corrected chi connectivity index (χ0v) is 5.85. The van der Waals surface area contributed by atoms with Crippen LogP contribution < -0.4 is 0 Å². The maximum absolute atomic E-state index is 10.3. The van der Waals surface area contributed by atoms with Crippen molar-refractivity contribution in [3.63, 3.8) is 0 Å². The molecule has 0 rings (SSSR count). The first kappa shape index (κ1) is 9.06. The lowest BCUT2D eigenvalue weighted by Crippen LogP contribution is -2.19. The van der Waals surface area contributed by atoms with E-state index in [2.05, 4.69) is 4.99 Å². The first-order valence-corrected chi connectivity index (χ1v) is 2.64. The van der Waals surface area contributed by atoms with Gasteiger partial charge in [-0.25, -0.2) is 0 Å². The lowest BCUT2D eigenvalue weighted by atomic mass is 10.6. The topological polar surface area (TPSA) is 73.1 Å². The average Bonchev–Trinajstić information content (AvgIpc) is 1.82. The van der Waals surface area contributed by atoms with Gasteiger partial charge in [0.15, 0.2) is 0 Å². The minimum atomic E-state index is -2.00. The van der Waals surface area contributed by atoms with Gasteiger partial charge in [-0.2, -0.15) is 4.99 Å². The van der Waals surface area contributed by atoms with Gasteiger partial charge < -0.3 is 15.1 Å². The van der Waals surface area contributed by atoms with E-state index in [0.29, 0.717) is 0 Å². The summed E-state index contributed by atoms with van der Waals surface area (Å²) >= 11 is 0. The van der Waals surface area contributed by atoms with Crippen LogP contribution >= 0.6 is 0 Å². The molecule has 2 N–H and O–H groups in total. The minimum absolute atomic E-state index is 0.964. The highest BCUT2D eigenvalue weighted by molar-refractivity contribution is 5.86. The highest BCUT2D eigenvalue weighted by Gasteiger charge is 2.06. The van der Waals surface area contributed by atoms with Crippen molar-refractivity contribution in [2.75, 3.05) is 14.1 Å². The van der Waals surface area contributed by atoms with E-state index < -0.39 is 12.2 Å². The van der Waals surface area contributed by atoms with E-state index >= 15 is 0 Å². The summed E-state index contributed by atoms with van der Waals surface area (Å²) in [6.07, 6.45) is -0.807. The van der Waals surface area contributed by atoms with Crippen molar-refractivity contribution in [2.45, 2.75) is 6.29 Å². The Balaban J connectivity index is 3.79. The number of carbonyl (C=O) groups excluding carboxylic acids is 1. The van der Waals surface area contributed by atoms with Gasteiger partial charge in [0.25, 0.3) is 0 Å². The normalized spacial score (nSPS) is 10.9. The second-order valence-corrected chi connectivity index (χ2v) is 1.92. The molecule has 0 aromatic rings. The Kier molecular flexibility index (Phi) is 3.60. The summed E-state index contributed by atoms with van der Waals surface area (Å²) in [5, 5.41) is 16.4. The van der Waals surface area contributed by atoms with Gasteiger partial charge in [-0.05, 0) is 0 Å². The smallest absolute Gasteiger partial charge is 0.303 e. The molecule has 0 bridgehead atoms. The summed E-state index contributed by atoms with van der Waals surface area (Å²) in [7, 11) is 3.33. The Morgan fingerprint density at radius 3 is 2.40 bits per heavy atom. The van der Waals surface area contributed by atoms with Gasteiger partial charge in [-0.3, -0.25) is 4.79 Å². The number of carbonyl (C=O) groups is 1. The molecule has 0 aliphatic heterocycles. The van der Waals surface area contributed by atoms with Crippen molar-refractivity contribution >= 4 is 12.2 Å². The van der Waals surface area contributed by atoms with Crippen LogP contribution in [0.1, 0.15) is 0 Å². The third kappa shape index (κ3) is 3.99. The fraction of sp³-hybridized carbons (Fsp3) is 0.600. The first-order chi connectivity index (χ1) is 4.54. The maximum Gasteiger partial charge on any atom is 0.303 e. The van der Waals surface area contributed by atoms with Gasteiger partial charge in [0.05, 0.1) is 6.34 Å². The van der Waals surface area contributed by atoms with Gasteiger partial charge in [-0.1, -0.05) is 0 Å². The molecule has 0 spiro atoms. The van der Waals surface area contributed by atoms with E-state index in [4.69, 9.17) is 10.2 Å². The number of amides is 1. The monoisotopic (exact) mass is 146 g/mol. The molecule has 0 aromatic carbocycles. The van der Waals surface area contributed by atoms with Crippen molar-refractivity contribution in [2.24, 2.45) is 4.99 Å². The zero-order valence-electron chi connectivity index (χ0n) is 5.85. The Labute approximate surface area is 58.6 Å². The summed E-state index contributed by atoms with van der Waals surface area (Å²) in [5.41, 5.74) is 0. The molecule has 5 heteroatoms. The summed E-state index contributed by atoms with van der Waals surface area (Å²) in [6.45, 7) is 0. The fourth-order valence-corrected chi connectivity index (χ4v) is 0.239. The van der Waals surface area contributed by atoms with Crippen LogP contribution in [0.3, 0.4) is 0 Å². The highest BCUT2D eigenvalue weighted by atomic mass is 16.5. The second kappa shape index (κ2) is 3.97. The molecule has 1 amide bonds. The van der Waals surface area contributed by atoms with E-state index in [1.807, 2.05) is 0 Å². The predicted molar refractivity (Wildman–Crippen MR) is 35.4 cm³/mol. The largest absolute Gasteiger partial charge is 0.369 e. The highest BCUT2D eigenvalue weighted by Crippen LogP contribution is 1.80. The Morgan fingerprint density at radius 1 is 1.60 bits per heavy atom. The number of nitrogens with zero attached hydrogens (tertiary/aromatic N) is 2. The van der Waals surface area contributed by atoms with Gasteiger partial charge >= 0.3 is 5.91 Å². The molecule has 0 saturated carbocycles. The standard InChI is InChI=1S/C5H10N2O3/c1-7(2)3-6-4(8)5(9)10/h3,5,9-10H,1-2H3. The van der Waals surface area contributed by atoms with Gasteiger partial charge in [-0.15, -0.1) is 0 Å². The molecule has 0 radical (unpaired) electrons. The lowest BCUT2D eigenvalue weighted by molar-refractivity contribution is -0.143. The van der Waals surface area contributed by atoms with Crippen LogP contribution in [-0.4, -0.2) is 47.7 Å². The molecule has 0 aliphatic rings. The molecular weight excluding hydrogens is 136 g/mol. The van der Waals surface area contributed by atoms with Crippen molar-refractivity contribution in [3.8, 4) is 0 Å². The molecule has 0 heterocycles. The molecule has 0 unspecified atom stereocenters. The molecular formula is C5H10N2O3. The van der Waals surface area contributed by atoms with Crippen LogP contribution in [0, 0.1) is 0 Å². The molecule has 0 fully saturated rings. The molecule has 0 aliphatic carbocycles. The summed E-state index contributed by atoms with van der Waals surface area (Å²) in [6, 6.07) is 0. The van der Waals surface area contributed by atoms with Gasteiger partial charge in [0.1, 0.15) is 0 Å².